The van der Waals surface area contributed by atoms with Crippen molar-refractivity contribution in [1.82, 2.24) is 15.6 Å². The van der Waals surface area contributed by atoms with Crippen molar-refractivity contribution in [2.24, 2.45) is 0 Å². The van der Waals surface area contributed by atoms with Crippen LogP contribution in [-0.4, -0.2) is 28.1 Å². The highest BCUT2D eigenvalue weighted by Crippen LogP contribution is 2.22. The van der Waals surface area contributed by atoms with Crippen LogP contribution in [0.25, 0.3) is 10.2 Å². The molecule has 0 radical (unpaired) electrons. The van der Waals surface area contributed by atoms with Crippen molar-refractivity contribution < 1.29 is 14.7 Å². The van der Waals surface area contributed by atoms with Crippen molar-refractivity contribution in [2.75, 3.05) is 0 Å². The van der Waals surface area contributed by atoms with Crippen molar-refractivity contribution in [1.29, 1.82) is 0 Å². The first-order chi connectivity index (χ1) is 13.5. The number of carboxylic acids is 1. The van der Waals surface area contributed by atoms with Gasteiger partial charge in [-0.3, -0.25) is 4.79 Å². The second-order valence-electron chi connectivity index (χ2n) is 6.74. The van der Waals surface area contributed by atoms with E-state index in [1.165, 1.54) is 0 Å². The second-order valence-corrected chi connectivity index (χ2v) is 7.62. The molecule has 0 spiro atoms. The summed E-state index contributed by atoms with van der Waals surface area (Å²) in [5.41, 5.74) is 4.80. The van der Waals surface area contributed by atoms with E-state index in [4.69, 9.17) is 5.11 Å². The fourth-order valence-corrected chi connectivity index (χ4v) is 3.80. The smallest absolute Gasteiger partial charge is 0.315 e. The number of aromatic nitrogens is 1. The minimum Gasteiger partial charge on any atom is -0.481 e. The highest BCUT2D eigenvalue weighted by molar-refractivity contribution is 7.16. The Morgan fingerprint density at radius 3 is 2.68 bits per heavy atom. The molecule has 2 amide bonds. The van der Waals surface area contributed by atoms with Gasteiger partial charge in [0.05, 0.1) is 21.8 Å². The Bertz CT molecular complexity index is 942. The largest absolute Gasteiger partial charge is 0.481 e. The van der Waals surface area contributed by atoms with Crippen molar-refractivity contribution in [3.8, 4) is 0 Å². The molecule has 146 valence electrons. The molecule has 1 heterocycles. The van der Waals surface area contributed by atoms with Gasteiger partial charge in [-0.15, -0.1) is 11.3 Å². The third kappa shape index (κ3) is 5.53. The Kier molecular flexibility index (Phi) is 6.60. The number of amides is 2. The minimum atomic E-state index is -0.869. The molecule has 2 aromatic carbocycles. The van der Waals surface area contributed by atoms with Crippen molar-refractivity contribution in [3.63, 3.8) is 0 Å². The van der Waals surface area contributed by atoms with Gasteiger partial charge in [-0.2, -0.15) is 0 Å². The van der Waals surface area contributed by atoms with Crippen molar-refractivity contribution in [3.05, 3.63) is 65.2 Å². The Morgan fingerprint density at radius 1 is 1.14 bits per heavy atom. The molecule has 3 rings (SSSR count). The van der Waals surface area contributed by atoms with E-state index in [2.05, 4.69) is 15.6 Å². The average molecular weight is 398 g/mol. The lowest BCUT2D eigenvalue weighted by Gasteiger charge is -2.21. The number of benzene rings is 2. The summed E-state index contributed by atoms with van der Waals surface area (Å²) in [6.45, 7) is 1.92. The highest BCUT2D eigenvalue weighted by atomic mass is 32.1. The SMILES string of the molecule is CC(NC(=O)NC(CCC(=O)O)Cc1ccccc1)c1ccc2ncsc2c1. The Labute approximate surface area is 167 Å². The summed E-state index contributed by atoms with van der Waals surface area (Å²) in [6, 6.07) is 14.9. The molecule has 28 heavy (non-hydrogen) atoms. The minimum absolute atomic E-state index is 0.00930. The van der Waals surface area contributed by atoms with Crippen LogP contribution in [0.1, 0.15) is 36.9 Å². The summed E-state index contributed by atoms with van der Waals surface area (Å²) in [5, 5.41) is 14.9. The van der Waals surface area contributed by atoms with Gasteiger partial charge in [0.2, 0.25) is 0 Å². The molecule has 0 aliphatic carbocycles. The molecule has 0 saturated heterocycles. The summed E-state index contributed by atoms with van der Waals surface area (Å²) in [5.74, 6) is -0.869. The van der Waals surface area contributed by atoms with E-state index in [1.54, 1.807) is 16.8 Å². The highest BCUT2D eigenvalue weighted by Gasteiger charge is 2.17. The zero-order valence-corrected chi connectivity index (χ0v) is 16.4. The summed E-state index contributed by atoms with van der Waals surface area (Å²) < 4.78 is 1.08. The lowest BCUT2D eigenvalue weighted by Crippen LogP contribution is -2.44. The number of rotatable bonds is 8. The van der Waals surface area contributed by atoms with E-state index in [0.717, 1.165) is 21.3 Å². The summed E-state index contributed by atoms with van der Waals surface area (Å²) >= 11 is 1.56. The average Bonchev–Trinajstić information content (AvgIpc) is 3.14. The molecule has 0 bridgehead atoms. The summed E-state index contributed by atoms with van der Waals surface area (Å²) in [6.07, 6.45) is 0.969. The van der Waals surface area contributed by atoms with Crippen LogP contribution in [0, 0.1) is 0 Å². The number of hydrogen-bond donors (Lipinski definition) is 3. The Hall–Kier alpha value is -2.93. The van der Waals surface area contributed by atoms with Crippen LogP contribution in [0.15, 0.2) is 54.0 Å². The summed E-state index contributed by atoms with van der Waals surface area (Å²) in [4.78, 5) is 27.7. The van der Waals surface area contributed by atoms with Gasteiger partial charge in [0, 0.05) is 12.5 Å². The van der Waals surface area contributed by atoms with Gasteiger partial charge in [0.25, 0.3) is 0 Å². The van der Waals surface area contributed by atoms with Crippen LogP contribution in [-0.2, 0) is 11.2 Å². The third-order valence-corrected chi connectivity index (χ3v) is 5.36. The maximum absolute atomic E-state index is 12.5. The molecule has 3 aromatic rings. The normalized spacial score (nSPS) is 13.0. The number of nitrogens with zero attached hydrogens (tertiary/aromatic N) is 1. The van der Waals surface area contributed by atoms with Crippen molar-refractivity contribution >= 4 is 33.6 Å². The van der Waals surface area contributed by atoms with Gasteiger partial charge in [0.1, 0.15) is 0 Å². The van der Waals surface area contributed by atoms with Crippen LogP contribution < -0.4 is 10.6 Å². The molecule has 1 aromatic heterocycles. The first-order valence-electron chi connectivity index (χ1n) is 9.17. The molecule has 0 aliphatic heterocycles. The molecule has 0 fully saturated rings. The number of nitrogens with one attached hydrogen (secondary N) is 2. The lowest BCUT2D eigenvalue weighted by molar-refractivity contribution is -0.137. The molecule has 3 N–H and O–H groups in total. The maximum Gasteiger partial charge on any atom is 0.315 e. The van der Waals surface area contributed by atoms with E-state index in [-0.39, 0.29) is 24.5 Å². The van der Waals surface area contributed by atoms with Gasteiger partial charge < -0.3 is 15.7 Å². The maximum atomic E-state index is 12.5. The fourth-order valence-electron chi connectivity index (χ4n) is 3.07. The molecular formula is C21H23N3O3S. The van der Waals surface area contributed by atoms with Crippen molar-refractivity contribution in [2.45, 2.75) is 38.3 Å². The van der Waals surface area contributed by atoms with Crippen LogP contribution >= 0.6 is 11.3 Å². The second kappa shape index (κ2) is 9.32. The van der Waals surface area contributed by atoms with Crippen LogP contribution in [0.5, 0.6) is 0 Å². The van der Waals surface area contributed by atoms with E-state index < -0.39 is 5.97 Å². The summed E-state index contributed by atoms with van der Waals surface area (Å²) in [7, 11) is 0. The first-order valence-corrected chi connectivity index (χ1v) is 10.0. The number of carboxylic acid groups (broad SMARTS) is 1. The standard InChI is InChI=1S/C21H23N3O3S/c1-14(16-7-9-18-19(12-16)28-13-22-18)23-21(27)24-17(8-10-20(25)26)11-15-5-3-2-4-6-15/h2-7,9,12-14,17H,8,10-11H2,1H3,(H,25,26)(H2,23,24,27). The zero-order valence-electron chi connectivity index (χ0n) is 15.6. The van der Waals surface area contributed by atoms with E-state index in [1.807, 2.05) is 55.5 Å². The third-order valence-electron chi connectivity index (χ3n) is 4.57. The predicted molar refractivity (Wildman–Crippen MR) is 111 cm³/mol. The Balaban J connectivity index is 1.61. The number of thiazole rings is 1. The van der Waals surface area contributed by atoms with Gasteiger partial charge in [-0.1, -0.05) is 36.4 Å². The van der Waals surface area contributed by atoms with Crippen LogP contribution in [0.3, 0.4) is 0 Å². The number of fused-ring (bicyclic) bond motifs is 1. The van der Waals surface area contributed by atoms with Gasteiger partial charge in [-0.25, -0.2) is 9.78 Å². The van der Waals surface area contributed by atoms with E-state index >= 15 is 0 Å². The fraction of sp³-hybridized carbons (Fsp3) is 0.286. The van der Waals surface area contributed by atoms with Gasteiger partial charge in [0.15, 0.2) is 0 Å². The molecule has 7 heteroatoms. The number of carbonyl (C=O) groups is 2. The number of hydrogen-bond acceptors (Lipinski definition) is 4. The molecule has 0 aliphatic rings. The first kappa shape index (κ1) is 19.8. The molecular weight excluding hydrogens is 374 g/mol. The zero-order chi connectivity index (χ0) is 19.9. The van der Waals surface area contributed by atoms with Crippen LogP contribution in [0.2, 0.25) is 0 Å². The van der Waals surface area contributed by atoms with E-state index in [9.17, 15) is 9.59 Å². The molecule has 2 atom stereocenters. The molecule has 6 nitrogen and oxygen atoms in total. The quantitative estimate of drug-likeness (QED) is 0.533. The van der Waals surface area contributed by atoms with Gasteiger partial charge in [-0.05, 0) is 43.0 Å². The predicted octanol–water partition coefficient (Wildman–Crippen LogP) is 4.13. The molecule has 0 saturated carbocycles. The monoisotopic (exact) mass is 397 g/mol. The van der Waals surface area contributed by atoms with Crippen LogP contribution in [0.4, 0.5) is 4.79 Å². The number of aliphatic carboxylic acids is 1. The lowest BCUT2D eigenvalue weighted by atomic mass is 10.0. The topological polar surface area (TPSA) is 91.3 Å². The van der Waals surface area contributed by atoms with Gasteiger partial charge >= 0.3 is 12.0 Å². The molecule has 2 unspecified atom stereocenters. The number of urea groups is 1. The van der Waals surface area contributed by atoms with E-state index in [0.29, 0.717) is 12.8 Å². The Morgan fingerprint density at radius 2 is 1.93 bits per heavy atom. The number of carbonyl (C=O) groups excluding carboxylic acids is 1.